The lowest BCUT2D eigenvalue weighted by Crippen LogP contribution is -2.25. The molecule has 0 radical (unpaired) electrons. The third-order valence-electron chi connectivity index (χ3n) is 2.77. The van der Waals surface area contributed by atoms with Crippen LogP contribution in [0.1, 0.15) is 5.82 Å². The molecule has 0 saturated heterocycles. The molecule has 0 bridgehead atoms. The molecule has 0 fully saturated rings. The summed E-state index contributed by atoms with van der Waals surface area (Å²) in [5.41, 5.74) is 0.289. The van der Waals surface area contributed by atoms with Crippen molar-refractivity contribution in [3.8, 4) is 5.69 Å². The SMILES string of the molecule is O=c1c(Cl)c(Cl)cnn1Cc1nnnn1-c1ccccc1. The van der Waals surface area contributed by atoms with Gasteiger partial charge in [-0.05, 0) is 22.6 Å². The van der Waals surface area contributed by atoms with Crippen LogP contribution in [0.4, 0.5) is 0 Å². The number of aromatic nitrogens is 6. The van der Waals surface area contributed by atoms with E-state index < -0.39 is 5.56 Å². The highest BCUT2D eigenvalue weighted by molar-refractivity contribution is 6.41. The highest BCUT2D eigenvalue weighted by Gasteiger charge is 2.13. The molecule has 0 amide bonds. The topological polar surface area (TPSA) is 78.5 Å². The van der Waals surface area contributed by atoms with Crippen LogP contribution in [-0.4, -0.2) is 30.0 Å². The maximum Gasteiger partial charge on any atom is 0.287 e. The fourth-order valence-electron chi connectivity index (χ4n) is 1.77. The molecular weight excluding hydrogens is 315 g/mol. The number of hydrogen-bond acceptors (Lipinski definition) is 5. The normalized spacial score (nSPS) is 10.8. The van der Waals surface area contributed by atoms with Gasteiger partial charge in [-0.15, -0.1) is 5.10 Å². The van der Waals surface area contributed by atoms with Crippen LogP contribution in [0, 0.1) is 0 Å². The number of rotatable bonds is 3. The van der Waals surface area contributed by atoms with Crippen molar-refractivity contribution in [2.45, 2.75) is 6.54 Å². The summed E-state index contributed by atoms with van der Waals surface area (Å²) in [5, 5.41) is 15.4. The molecule has 0 spiro atoms. The third kappa shape index (κ3) is 2.65. The number of benzene rings is 1. The third-order valence-corrected chi connectivity index (χ3v) is 3.52. The minimum Gasteiger partial charge on any atom is -0.266 e. The zero-order chi connectivity index (χ0) is 14.8. The Morgan fingerprint density at radius 1 is 1.14 bits per heavy atom. The molecule has 2 heterocycles. The van der Waals surface area contributed by atoms with Crippen LogP contribution >= 0.6 is 23.2 Å². The average molecular weight is 323 g/mol. The smallest absolute Gasteiger partial charge is 0.266 e. The van der Waals surface area contributed by atoms with Gasteiger partial charge in [0.25, 0.3) is 5.56 Å². The van der Waals surface area contributed by atoms with Gasteiger partial charge >= 0.3 is 0 Å². The Hall–Kier alpha value is -2.25. The fraction of sp³-hybridized carbons (Fsp3) is 0.0833. The van der Waals surface area contributed by atoms with Gasteiger partial charge in [-0.25, -0.2) is 4.68 Å². The monoisotopic (exact) mass is 322 g/mol. The summed E-state index contributed by atoms with van der Waals surface area (Å²) in [6.07, 6.45) is 1.31. The lowest BCUT2D eigenvalue weighted by Gasteiger charge is -2.06. The molecule has 21 heavy (non-hydrogen) atoms. The minimum absolute atomic E-state index is 0.0783. The van der Waals surface area contributed by atoms with Crippen LogP contribution < -0.4 is 5.56 Å². The highest BCUT2D eigenvalue weighted by Crippen LogP contribution is 2.15. The Bertz CT molecular complexity index is 829. The van der Waals surface area contributed by atoms with Crippen molar-refractivity contribution in [2.24, 2.45) is 0 Å². The van der Waals surface area contributed by atoms with Crippen LogP contribution in [0.5, 0.6) is 0 Å². The van der Waals surface area contributed by atoms with Gasteiger partial charge < -0.3 is 0 Å². The number of hydrogen-bond donors (Lipinski definition) is 0. The van der Waals surface area contributed by atoms with Gasteiger partial charge in [0.15, 0.2) is 5.82 Å². The molecule has 9 heteroatoms. The van der Waals surface area contributed by atoms with Crippen LogP contribution in [0.25, 0.3) is 5.69 Å². The Morgan fingerprint density at radius 2 is 1.90 bits per heavy atom. The zero-order valence-corrected chi connectivity index (χ0v) is 12.0. The van der Waals surface area contributed by atoms with Crippen LogP contribution in [0.2, 0.25) is 10.0 Å². The largest absolute Gasteiger partial charge is 0.287 e. The molecule has 0 saturated carbocycles. The highest BCUT2D eigenvalue weighted by atomic mass is 35.5. The van der Waals surface area contributed by atoms with Crippen molar-refractivity contribution in [3.63, 3.8) is 0 Å². The standard InChI is InChI=1S/C12H8Cl2N6O/c13-9-6-15-19(12(21)11(9)14)7-10-16-17-18-20(10)8-4-2-1-3-5-8/h1-6H,7H2. The van der Waals surface area contributed by atoms with Gasteiger partial charge in [-0.1, -0.05) is 41.4 Å². The second-order valence-electron chi connectivity index (χ2n) is 4.11. The summed E-state index contributed by atoms with van der Waals surface area (Å²) in [6.45, 7) is 0.0810. The Morgan fingerprint density at radius 3 is 2.67 bits per heavy atom. The van der Waals surface area contributed by atoms with Gasteiger partial charge in [0.2, 0.25) is 0 Å². The van der Waals surface area contributed by atoms with Gasteiger partial charge in [-0.2, -0.15) is 9.78 Å². The maximum absolute atomic E-state index is 12.0. The van der Waals surface area contributed by atoms with Crippen molar-refractivity contribution in [1.29, 1.82) is 0 Å². The first kappa shape index (κ1) is 13.7. The van der Waals surface area contributed by atoms with Crippen LogP contribution in [0.3, 0.4) is 0 Å². The van der Waals surface area contributed by atoms with Crippen molar-refractivity contribution in [2.75, 3.05) is 0 Å². The first-order chi connectivity index (χ1) is 10.2. The Balaban J connectivity index is 2.00. The van der Waals surface area contributed by atoms with Crippen molar-refractivity contribution in [3.05, 3.63) is 62.8 Å². The summed E-state index contributed by atoms with van der Waals surface area (Å²) >= 11 is 11.6. The lowest BCUT2D eigenvalue weighted by molar-refractivity contribution is 0.599. The van der Waals surface area contributed by atoms with E-state index in [0.717, 1.165) is 10.4 Å². The molecule has 0 aliphatic carbocycles. The molecule has 7 nitrogen and oxygen atoms in total. The van der Waals surface area contributed by atoms with Crippen LogP contribution in [-0.2, 0) is 6.54 Å². The zero-order valence-electron chi connectivity index (χ0n) is 10.5. The van der Waals surface area contributed by atoms with E-state index >= 15 is 0 Å². The summed E-state index contributed by atoms with van der Waals surface area (Å²) in [4.78, 5) is 12.0. The van der Waals surface area contributed by atoms with E-state index in [1.54, 1.807) is 0 Å². The number of nitrogens with zero attached hydrogens (tertiary/aromatic N) is 6. The second-order valence-corrected chi connectivity index (χ2v) is 4.90. The molecule has 0 unspecified atom stereocenters. The molecule has 0 aliphatic heterocycles. The Kier molecular flexibility index (Phi) is 3.68. The van der Waals surface area contributed by atoms with Crippen LogP contribution in [0.15, 0.2) is 41.3 Å². The molecule has 2 aromatic heterocycles. The summed E-state index contributed by atoms with van der Waals surface area (Å²) in [7, 11) is 0. The summed E-state index contributed by atoms with van der Waals surface area (Å²) in [6, 6.07) is 9.32. The summed E-state index contributed by atoms with van der Waals surface area (Å²) < 4.78 is 2.68. The van der Waals surface area contributed by atoms with Gasteiger partial charge in [-0.3, -0.25) is 4.79 Å². The minimum atomic E-state index is -0.494. The predicted octanol–water partition coefficient (Wildman–Crippen LogP) is 1.57. The summed E-state index contributed by atoms with van der Waals surface area (Å²) in [5.74, 6) is 0.453. The number of halogens is 2. The van der Waals surface area contributed by atoms with Gasteiger partial charge in [0, 0.05) is 0 Å². The maximum atomic E-state index is 12.0. The van der Waals surface area contributed by atoms with E-state index in [1.807, 2.05) is 30.3 Å². The fourth-order valence-corrected chi connectivity index (χ4v) is 2.04. The van der Waals surface area contributed by atoms with E-state index in [2.05, 4.69) is 20.6 Å². The molecule has 0 N–H and O–H groups in total. The van der Waals surface area contributed by atoms with E-state index in [0.29, 0.717) is 5.82 Å². The molecule has 1 aromatic carbocycles. The lowest BCUT2D eigenvalue weighted by atomic mass is 10.3. The first-order valence-corrected chi connectivity index (χ1v) is 6.66. The quantitative estimate of drug-likeness (QED) is 0.731. The predicted molar refractivity (Wildman–Crippen MR) is 76.8 cm³/mol. The molecule has 3 rings (SSSR count). The molecular formula is C12H8Cl2N6O. The number of para-hydroxylation sites is 1. The van der Waals surface area contributed by atoms with E-state index in [4.69, 9.17) is 23.2 Å². The first-order valence-electron chi connectivity index (χ1n) is 5.90. The Labute approximate surface area is 128 Å². The van der Waals surface area contributed by atoms with E-state index in [9.17, 15) is 4.79 Å². The van der Waals surface area contributed by atoms with E-state index in [-0.39, 0.29) is 16.6 Å². The van der Waals surface area contributed by atoms with Crippen molar-refractivity contribution in [1.82, 2.24) is 30.0 Å². The van der Waals surface area contributed by atoms with Crippen molar-refractivity contribution < 1.29 is 0 Å². The van der Waals surface area contributed by atoms with Crippen molar-refractivity contribution >= 4 is 23.2 Å². The second kappa shape index (κ2) is 5.63. The van der Waals surface area contributed by atoms with Gasteiger partial charge in [0.05, 0.1) is 16.9 Å². The molecule has 0 atom stereocenters. The molecule has 3 aromatic rings. The molecule has 0 aliphatic rings. The van der Waals surface area contributed by atoms with E-state index in [1.165, 1.54) is 10.9 Å². The average Bonchev–Trinajstić information content (AvgIpc) is 2.97. The molecule has 106 valence electrons. The van der Waals surface area contributed by atoms with Gasteiger partial charge in [0.1, 0.15) is 11.6 Å². The number of tetrazole rings is 1.